The highest BCUT2D eigenvalue weighted by Crippen LogP contribution is 2.25. The zero-order valence-electron chi connectivity index (χ0n) is 12.2. The van der Waals surface area contributed by atoms with Gasteiger partial charge < -0.3 is 10.6 Å². The minimum atomic E-state index is -2.98. The normalized spacial score (nSPS) is 27.9. The lowest BCUT2D eigenvalue weighted by molar-refractivity contribution is -0.121. The highest BCUT2D eigenvalue weighted by molar-refractivity contribution is 7.91. The molecule has 0 spiro atoms. The summed E-state index contributed by atoms with van der Waals surface area (Å²) in [5.74, 6) is 0.0818. The van der Waals surface area contributed by atoms with E-state index in [0.717, 1.165) is 32.1 Å². The molecule has 6 heteroatoms. The summed E-state index contributed by atoms with van der Waals surface area (Å²) in [7, 11) is -2.98. The molecule has 116 valence electrons. The second kappa shape index (κ2) is 6.89. The molecule has 1 amide bonds. The summed E-state index contributed by atoms with van der Waals surface area (Å²) < 4.78 is 23.3. The molecule has 0 heterocycles. The summed E-state index contributed by atoms with van der Waals surface area (Å²) in [6.45, 7) is 0.565. The van der Waals surface area contributed by atoms with E-state index in [1.807, 2.05) is 0 Å². The molecule has 2 aliphatic carbocycles. The molecule has 0 aliphatic heterocycles. The van der Waals surface area contributed by atoms with Crippen LogP contribution in [0.5, 0.6) is 0 Å². The van der Waals surface area contributed by atoms with E-state index in [1.54, 1.807) is 0 Å². The molecule has 2 aliphatic rings. The third-order valence-corrected chi connectivity index (χ3v) is 6.15. The second-order valence-electron chi connectivity index (χ2n) is 6.16. The molecule has 20 heavy (non-hydrogen) atoms. The Labute approximate surface area is 121 Å². The molecule has 2 atom stereocenters. The van der Waals surface area contributed by atoms with Crippen molar-refractivity contribution in [3.63, 3.8) is 0 Å². The summed E-state index contributed by atoms with van der Waals surface area (Å²) in [5.41, 5.74) is 0. The van der Waals surface area contributed by atoms with Gasteiger partial charge in [0.05, 0.1) is 5.25 Å². The van der Waals surface area contributed by atoms with Crippen LogP contribution in [0.15, 0.2) is 0 Å². The van der Waals surface area contributed by atoms with Crippen molar-refractivity contribution in [2.24, 2.45) is 0 Å². The summed E-state index contributed by atoms with van der Waals surface area (Å²) in [5, 5.41) is 6.03. The fraction of sp³-hybridized carbons (Fsp3) is 0.929. The summed E-state index contributed by atoms with van der Waals surface area (Å²) in [6.07, 6.45) is 8.93. The number of rotatable bonds is 6. The monoisotopic (exact) mass is 302 g/mol. The molecule has 0 unspecified atom stereocenters. The van der Waals surface area contributed by atoms with Crippen molar-refractivity contribution >= 4 is 15.7 Å². The summed E-state index contributed by atoms with van der Waals surface area (Å²) >= 11 is 0. The fourth-order valence-corrected chi connectivity index (χ4v) is 4.84. The van der Waals surface area contributed by atoms with Crippen LogP contribution in [0.4, 0.5) is 0 Å². The van der Waals surface area contributed by atoms with Gasteiger partial charge in [-0.05, 0) is 25.7 Å². The van der Waals surface area contributed by atoms with E-state index in [4.69, 9.17) is 0 Å². The first-order chi connectivity index (χ1) is 9.47. The minimum Gasteiger partial charge on any atom is -0.353 e. The maximum absolute atomic E-state index is 11.8. The summed E-state index contributed by atoms with van der Waals surface area (Å²) in [4.78, 5) is 11.8. The Bertz CT molecular complexity index is 430. The van der Waals surface area contributed by atoms with E-state index in [-0.39, 0.29) is 17.2 Å². The van der Waals surface area contributed by atoms with Crippen LogP contribution in [0.2, 0.25) is 0 Å². The lowest BCUT2D eigenvalue weighted by Crippen LogP contribution is -2.42. The van der Waals surface area contributed by atoms with E-state index in [0.29, 0.717) is 19.0 Å². The van der Waals surface area contributed by atoms with E-state index in [2.05, 4.69) is 10.6 Å². The third kappa shape index (κ3) is 4.45. The molecule has 0 radical (unpaired) electrons. The molecule has 2 saturated carbocycles. The van der Waals surface area contributed by atoms with Crippen LogP contribution in [0.3, 0.4) is 0 Å². The quantitative estimate of drug-likeness (QED) is 0.767. The Kier molecular flexibility index (Phi) is 5.43. The maximum Gasteiger partial charge on any atom is 0.221 e. The van der Waals surface area contributed by atoms with Gasteiger partial charge in [0.2, 0.25) is 5.91 Å². The Morgan fingerprint density at radius 2 is 1.80 bits per heavy atom. The zero-order valence-corrected chi connectivity index (χ0v) is 13.0. The van der Waals surface area contributed by atoms with Crippen LogP contribution in [-0.4, -0.2) is 44.5 Å². The van der Waals surface area contributed by atoms with Crippen molar-refractivity contribution in [3.05, 3.63) is 0 Å². The van der Waals surface area contributed by atoms with Crippen molar-refractivity contribution < 1.29 is 13.2 Å². The van der Waals surface area contributed by atoms with Gasteiger partial charge in [-0.15, -0.1) is 0 Å². The average Bonchev–Trinajstić information content (AvgIpc) is 2.98. The molecule has 2 N–H and O–H groups in total. The van der Waals surface area contributed by atoms with Crippen molar-refractivity contribution in [2.45, 2.75) is 68.7 Å². The van der Waals surface area contributed by atoms with Gasteiger partial charge in [0.25, 0.3) is 0 Å². The Hall–Kier alpha value is -0.620. The SMILES string of the molecule is CS(=O)(=O)[C@@H]1CCC[C@@H]1NCCC(=O)NC1CCCC1. The number of carbonyl (C=O) groups is 1. The fourth-order valence-electron chi connectivity index (χ4n) is 3.41. The molecular weight excluding hydrogens is 276 g/mol. The molecule has 5 nitrogen and oxygen atoms in total. The molecule has 0 bridgehead atoms. The van der Waals surface area contributed by atoms with Gasteiger partial charge in [0.15, 0.2) is 9.84 Å². The van der Waals surface area contributed by atoms with Gasteiger partial charge in [-0.1, -0.05) is 19.3 Å². The molecule has 2 fully saturated rings. The molecule has 0 aromatic carbocycles. The third-order valence-electron chi connectivity index (χ3n) is 4.48. The number of amides is 1. The van der Waals surface area contributed by atoms with Gasteiger partial charge in [-0.3, -0.25) is 4.79 Å². The lowest BCUT2D eigenvalue weighted by Gasteiger charge is -2.19. The maximum atomic E-state index is 11.8. The first-order valence-corrected chi connectivity index (χ1v) is 9.64. The zero-order chi connectivity index (χ0) is 14.6. The van der Waals surface area contributed by atoms with Gasteiger partial charge in [0, 0.05) is 31.3 Å². The first-order valence-electron chi connectivity index (χ1n) is 7.68. The smallest absolute Gasteiger partial charge is 0.221 e. The van der Waals surface area contributed by atoms with Crippen molar-refractivity contribution in [1.29, 1.82) is 0 Å². The highest BCUT2D eigenvalue weighted by Gasteiger charge is 2.34. The van der Waals surface area contributed by atoms with Gasteiger partial charge in [-0.25, -0.2) is 8.42 Å². The second-order valence-corrected chi connectivity index (χ2v) is 8.42. The molecule has 2 rings (SSSR count). The first kappa shape index (κ1) is 15.8. The van der Waals surface area contributed by atoms with E-state index in [1.165, 1.54) is 19.1 Å². The Morgan fingerprint density at radius 3 is 2.45 bits per heavy atom. The Morgan fingerprint density at radius 1 is 1.10 bits per heavy atom. The largest absolute Gasteiger partial charge is 0.353 e. The minimum absolute atomic E-state index is 0.0179. The van der Waals surface area contributed by atoms with Crippen molar-refractivity contribution in [3.8, 4) is 0 Å². The molecular formula is C14H26N2O3S. The van der Waals surface area contributed by atoms with Crippen molar-refractivity contribution in [1.82, 2.24) is 10.6 Å². The topological polar surface area (TPSA) is 75.3 Å². The average molecular weight is 302 g/mol. The molecule has 0 aromatic heterocycles. The predicted molar refractivity (Wildman–Crippen MR) is 79.3 cm³/mol. The standard InChI is InChI=1S/C14H26N2O3S/c1-20(18,19)13-8-4-7-12(13)15-10-9-14(17)16-11-5-2-3-6-11/h11-13,15H,2-10H2,1H3,(H,16,17)/t12-,13+/m0/s1. The van der Waals surface area contributed by atoms with Crippen LogP contribution in [0.1, 0.15) is 51.4 Å². The van der Waals surface area contributed by atoms with Crippen LogP contribution in [0, 0.1) is 0 Å². The van der Waals surface area contributed by atoms with Crippen LogP contribution < -0.4 is 10.6 Å². The van der Waals surface area contributed by atoms with Crippen LogP contribution in [-0.2, 0) is 14.6 Å². The van der Waals surface area contributed by atoms with Gasteiger partial charge >= 0.3 is 0 Å². The Balaban J connectivity index is 1.68. The molecule has 0 aromatic rings. The number of sulfone groups is 1. The predicted octanol–water partition coefficient (Wildman–Crippen LogP) is 0.991. The van der Waals surface area contributed by atoms with Crippen molar-refractivity contribution in [2.75, 3.05) is 12.8 Å². The highest BCUT2D eigenvalue weighted by atomic mass is 32.2. The number of carbonyl (C=O) groups excluding carboxylic acids is 1. The van der Waals surface area contributed by atoms with Gasteiger partial charge in [-0.2, -0.15) is 0 Å². The van der Waals surface area contributed by atoms with E-state index < -0.39 is 9.84 Å². The number of hydrogen-bond acceptors (Lipinski definition) is 4. The summed E-state index contributed by atoms with van der Waals surface area (Å²) in [6, 6.07) is 0.377. The van der Waals surface area contributed by atoms with E-state index >= 15 is 0 Å². The lowest BCUT2D eigenvalue weighted by atomic mass is 10.2. The molecule has 0 saturated heterocycles. The van der Waals surface area contributed by atoms with Crippen LogP contribution >= 0.6 is 0 Å². The van der Waals surface area contributed by atoms with E-state index in [9.17, 15) is 13.2 Å². The number of hydrogen-bond donors (Lipinski definition) is 2. The van der Waals surface area contributed by atoms with Gasteiger partial charge in [0.1, 0.15) is 0 Å². The number of nitrogens with one attached hydrogen (secondary N) is 2. The van der Waals surface area contributed by atoms with Crippen LogP contribution in [0.25, 0.3) is 0 Å².